The Labute approximate surface area is 220 Å². The van der Waals surface area contributed by atoms with Crippen molar-refractivity contribution in [1.82, 2.24) is 15.2 Å². The smallest absolute Gasteiger partial charge is 0.233 e. The molecule has 1 aliphatic carbocycles. The van der Waals surface area contributed by atoms with Crippen LogP contribution in [0.4, 0.5) is 8.78 Å². The third kappa shape index (κ3) is 8.58. The molecule has 0 spiro atoms. The summed E-state index contributed by atoms with van der Waals surface area (Å²) in [5.74, 6) is -2.36. The average molecular weight is 538 g/mol. The minimum absolute atomic E-state index is 0.0785. The molecule has 8 nitrogen and oxygen atoms in total. The molecule has 1 fully saturated rings. The van der Waals surface area contributed by atoms with Crippen molar-refractivity contribution in [3.05, 3.63) is 63.1 Å². The summed E-state index contributed by atoms with van der Waals surface area (Å²) >= 11 is 0.584. The van der Waals surface area contributed by atoms with Gasteiger partial charge in [-0.1, -0.05) is 51.4 Å². The number of aromatic amines is 1. The molecule has 11 heteroatoms. The van der Waals surface area contributed by atoms with Crippen LogP contribution in [0.25, 0.3) is 0 Å². The number of H-pyrrole nitrogens is 1. The van der Waals surface area contributed by atoms with Crippen molar-refractivity contribution in [3.8, 4) is 5.75 Å². The van der Waals surface area contributed by atoms with E-state index in [1.54, 1.807) is 0 Å². The summed E-state index contributed by atoms with van der Waals surface area (Å²) in [6.07, 6.45) is 6.54. The fraction of sp³-hybridized carbons (Fsp3) is 0.462. The highest BCUT2D eigenvalue weighted by molar-refractivity contribution is 8.26. The number of aldehydes is 1. The third-order valence-electron chi connectivity index (χ3n) is 6.14. The second kappa shape index (κ2) is 15.4. The van der Waals surface area contributed by atoms with E-state index in [2.05, 4.69) is 36.2 Å². The molecule has 1 saturated carbocycles. The van der Waals surface area contributed by atoms with Crippen LogP contribution in [-0.2, 0) is 6.42 Å². The largest absolute Gasteiger partial charge is 0.503 e. The van der Waals surface area contributed by atoms with Gasteiger partial charge in [0.2, 0.25) is 5.43 Å². The first-order valence-electron chi connectivity index (χ1n) is 12.2. The first-order chi connectivity index (χ1) is 17.6. The molecule has 0 unspecified atom stereocenters. The van der Waals surface area contributed by atoms with Gasteiger partial charge in [0.1, 0.15) is 22.4 Å². The van der Waals surface area contributed by atoms with Crippen LogP contribution in [0, 0.1) is 22.5 Å². The van der Waals surface area contributed by atoms with Crippen LogP contribution in [0.1, 0.15) is 68.1 Å². The van der Waals surface area contributed by atoms with Crippen LogP contribution >= 0.6 is 11.8 Å². The first-order valence-corrected chi connectivity index (χ1v) is 13.0. The van der Waals surface area contributed by atoms with Crippen LogP contribution in [0.2, 0.25) is 0 Å². The number of carbonyl (C=O) groups excluding carboxylic acids is 1. The lowest BCUT2D eigenvalue weighted by Crippen LogP contribution is -2.53. The number of aromatic nitrogens is 1. The Balaban J connectivity index is 0.000000439. The number of aromatic hydroxyl groups is 1. The highest BCUT2D eigenvalue weighted by Gasteiger charge is 2.34. The molecule has 37 heavy (non-hydrogen) atoms. The predicted octanol–water partition coefficient (Wildman–Crippen LogP) is 4.90. The average Bonchev–Trinajstić information content (AvgIpc) is 3.39. The molecule has 1 aliphatic rings. The van der Waals surface area contributed by atoms with E-state index in [-0.39, 0.29) is 39.6 Å². The number of benzene rings is 1. The SMILES string of the molecule is CC.CCN(C)C1(NC)CCCC1.N=C(Cc1ccc(F)cc1F)SC(=N)c1c[nH]c(C=O)c(O)c1=O. The molecule has 0 bridgehead atoms. The second-order valence-corrected chi connectivity index (χ2v) is 9.29. The van der Waals surface area contributed by atoms with Crippen molar-refractivity contribution in [2.24, 2.45) is 0 Å². The summed E-state index contributed by atoms with van der Waals surface area (Å²) in [6.45, 7) is 7.36. The van der Waals surface area contributed by atoms with E-state index < -0.39 is 22.8 Å². The zero-order chi connectivity index (χ0) is 28.2. The third-order valence-corrected chi connectivity index (χ3v) is 6.96. The van der Waals surface area contributed by atoms with Gasteiger partial charge in [-0.25, -0.2) is 8.78 Å². The quantitative estimate of drug-likeness (QED) is 0.148. The molecule has 204 valence electrons. The number of hydrogen-bond donors (Lipinski definition) is 5. The number of hydrogen-bond acceptors (Lipinski definition) is 8. The van der Waals surface area contributed by atoms with E-state index in [4.69, 9.17) is 10.8 Å². The number of nitrogens with zero attached hydrogens (tertiary/aromatic N) is 1. The normalized spacial score (nSPS) is 13.7. The van der Waals surface area contributed by atoms with Crippen LogP contribution in [0.3, 0.4) is 0 Å². The van der Waals surface area contributed by atoms with Crippen molar-refractivity contribution >= 4 is 28.1 Å². The van der Waals surface area contributed by atoms with Gasteiger partial charge in [-0.3, -0.25) is 25.3 Å². The fourth-order valence-corrected chi connectivity index (χ4v) is 4.67. The lowest BCUT2D eigenvalue weighted by molar-refractivity contribution is 0.101. The van der Waals surface area contributed by atoms with Crippen LogP contribution < -0.4 is 10.7 Å². The zero-order valence-electron chi connectivity index (χ0n) is 22.0. The van der Waals surface area contributed by atoms with Gasteiger partial charge in [0, 0.05) is 18.7 Å². The van der Waals surface area contributed by atoms with Crippen LogP contribution in [0.5, 0.6) is 5.75 Å². The minimum atomic E-state index is -0.922. The Morgan fingerprint density at radius 2 is 1.89 bits per heavy atom. The van der Waals surface area contributed by atoms with Gasteiger partial charge in [0.15, 0.2) is 12.0 Å². The molecule has 3 rings (SSSR count). The molecule has 0 atom stereocenters. The van der Waals surface area contributed by atoms with E-state index >= 15 is 0 Å². The van der Waals surface area contributed by atoms with E-state index in [0.717, 1.165) is 18.8 Å². The topological polar surface area (TPSA) is 133 Å². The molecule has 0 saturated heterocycles. The lowest BCUT2D eigenvalue weighted by atomic mass is 10.1. The summed E-state index contributed by atoms with van der Waals surface area (Å²) in [7, 11) is 4.29. The number of halogens is 2. The fourth-order valence-electron chi connectivity index (χ4n) is 3.93. The molecule has 1 heterocycles. The van der Waals surface area contributed by atoms with Gasteiger partial charge in [0.05, 0.1) is 16.3 Å². The highest BCUT2D eigenvalue weighted by Crippen LogP contribution is 2.31. The molecule has 0 aliphatic heterocycles. The van der Waals surface area contributed by atoms with Crippen molar-refractivity contribution in [2.75, 3.05) is 20.6 Å². The molecule has 2 aromatic rings. The number of pyridine rings is 1. The highest BCUT2D eigenvalue weighted by atomic mass is 32.2. The molecular weight excluding hydrogens is 500 g/mol. The van der Waals surface area contributed by atoms with Crippen molar-refractivity contribution in [3.63, 3.8) is 0 Å². The minimum Gasteiger partial charge on any atom is -0.503 e. The Bertz CT molecular complexity index is 1130. The molecule has 0 amide bonds. The Kier molecular flexibility index (Phi) is 13.4. The molecule has 0 radical (unpaired) electrons. The lowest BCUT2D eigenvalue weighted by Gasteiger charge is -2.38. The van der Waals surface area contributed by atoms with Gasteiger partial charge in [0.25, 0.3) is 0 Å². The maximum Gasteiger partial charge on any atom is 0.233 e. The van der Waals surface area contributed by atoms with Gasteiger partial charge < -0.3 is 15.4 Å². The molecule has 1 aromatic heterocycles. The molecule has 1 aromatic carbocycles. The van der Waals surface area contributed by atoms with E-state index in [0.29, 0.717) is 23.5 Å². The number of rotatable bonds is 7. The molecule has 5 N–H and O–H groups in total. The summed E-state index contributed by atoms with van der Waals surface area (Å²) in [4.78, 5) is 27.3. The van der Waals surface area contributed by atoms with Crippen LogP contribution in [0.15, 0.2) is 29.2 Å². The maximum absolute atomic E-state index is 13.6. The van der Waals surface area contributed by atoms with E-state index in [1.165, 1.54) is 31.7 Å². The maximum atomic E-state index is 13.6. The van der Waals surface area contributed by atoms with E-state index in [9.17, 15) is 23.5 Å². The predicted molar refractivity (Wildman–Crippen MR) is 146 cm³/mol. The summed E-state index contributed by atoms with van der Waals surface area (Å²) in [6, 6.07) is 2.95. The van der Waals surface area contributed by atoms with Crippen molar-refractivity contribution in [1.29, 1.82) is 10.8 Å². The van der Waals surface area contributed by atoms with Gasteiger partial charge in [-0.2, -0.15) is 0 Å². The summed E-state index contributed by atoms with van der Waals surface area (Å²) in [5.41, 5.74) is -1.06. The van der Waals surface area contributed by atoms with Gasteiger partial charge in [-0.05, 0) is 45.1 Å². The van der Waals surface area contributed by atoms with E-state index in [1.807, 2.05) is 13.8 Å². The monoisotopic (exact) mass is 537 g/mol. The van der Waals surface area contributed by atoms with Crippen LogP contribution in [-0.4, -0.2) is 57.7 Å². The second-order valence-electron chi connectivity index (χ2n) is 8.18. The summed E-state index contributed by atoms with van der Waals surface area (Å²) in [5, 5.41) is 28.1. The Hall–Kier alpha value is -2.89. The Morgan fingerprint density at radius 3 is 2.41 bits per heavy atom. The molecular formula is C26H37F2N5O3S. The van der Waals surface area contributed by atoms with Crippen molar-refractivity contribution in [2.45, 2.75) is 58.5 Å². The Morgan fingerprint density at radius 1 is 1.27 bits per heavy atom. The first kappa shape index (κ1) is 32.1. The van der Waals surface area contributed by atoms with Gasteiger partial charge in [-0.15, -0.1) is 0 Å². The zero-order valence-corrected chi connectivity index (χ0v) is 22.8. The van der Waals surface area contributed by atoms with Gasteiger partial charge >= 0.3 is 0 Å². The number of nitrogens with one attached hydrogen (secondary N) is 4. The number of thioether (sulfide) groups is 1. The standard InChI is InChI=1S/C15H11F2N3O3S.C9H20N2.C2H6/c16-8-2-1-7(10(17)4-8)3-12(18)24-15(19)9-5-20-11(6-21)14(23)13(9)22;1-4-11(3)9(10-2)7-5-6-8-9;1-2/h1-2,4-6,18-19,23H,3H2,(H,20,22);10H,4-8H2,1-3H3;1-2H3. The number of carbonyl (C=O) groups is 1. The summed E-state index contributed by atoms with van der Waals surface area (Å²) < 4.78 is 26.4. The van der Waals surface area contributed by atoms with Crippen molar-refractivity contribution < 1.29 is 18.7 Å².